The van der Waals surface area contributed by atoms with E-state index in [1.165, 1.54) is 0 Å². The van der Waals surface area contributed by atoms with Gasteiger partial charge in [-0.1, -0.05) is 5.16 Å². The van der Waals surface area contributed by atoms with E-state index < -0.39 is 5.97 Å². The fraction of sp³-hybridized carbons (Fsp3) is 0.500. The number of nitrogens with two attached hydrogens (primary N) is 1. The summed E-state index contributed by atoms with van der Waals surface area (Å²) in [6.07, 6.45) is 0. The lowest BCUT2D eigenvalue weighted by Gasteiger charge is -1.93. The van der Waals surface area contributed by atoms with E-state index in [1.54, 1.807) is 6.92 Å². The van der Waals surface area contributed by atoms with E-state index in [-0.39, 0.29) is 49.7 Å². The number of carbonyl (C=O) groups is 1. The number of hydrogen-bond donors (Lipinski definition) is 1. The van der Waals surface area contributed by atoms with Gasteiger partial charge < -0.3 is 15.0 Å². The molecule has 2 N–H and O–H groups in total. The van der Waals surface area contributed by atoms with Crippen LogP contribution in [0.4, 0.5) is 0 Å². The van der Waals surface area contributed by atoms with Crippen molar-refractivity contribution in [2.45, 2.75) is 13.5 Å². The zero-order valence-electron chi connectivity index (χ0n) is 7.43. The Morgan fingerprint density at radius 1 is 1.57 bits per heavy atom. The maximum absolute atomic E-state index is 10.9. The maximum Gasteiger partial charge on any atom is 0.397 e. The predicted molar refractivity (Wildman–Crippen MR) is 52.6 cm³/mol. The second-order valence-corrected chi connectivity index (χ2v) is 1.94. The van der Waals surface area contributed by atoms with Crippen molar-refractivity contribution in [3.63, 3.8) is 0 Å². The van der Waals surface area contributed by atoms with Crippen LogP contribution in [0.2, 0.25) is 0 Å². The van der Waals surface area contributed by atoms with Gasteiger partial charge in [0.1, 0.15) is 0 Å². The highest BCUT2D eigenvalue weighted by molar-refractivity contribution is 5.85. The Morgan fingerprint density at radius 3 is 2.64 bits per heavy atom. The second-order valence-electron chi connectivity index (χ2n) is 1.94. The van der Waals surface area contributed by atoms with Crippen molar-refractivity contribution in [3.05, 3.63) is 11.7 Å². The molecule has 0 aliphatic heterocycles. The van der Waals surface area contributed by atoms with Gasteiger partial charge in [0.25, 0.3) is 0 Å². The molecule has 0 saturated heterocycles. The summed E-state index contributed by atoms with van der Waals surface area (Å²) in [5.74, 6) is -0.486. The molecule has 0 amide bonds. The second kappa shape index (κ2) is 7.54. The Bertz CT molecular complexity index is 279. The predicted octanol–water partition coefficient (Wildman–Crippen LogP) is 0.549. The number of hydrogen-bond acceptors (Lipinski definition) is 6. The van der Waals surface area contributed by atoms with Crippen molar-refractivity contribution in [2.24, 2.45) is 5.73 Å². The average Bonchev–Trinajstić information content (AvgIpc) is 2.52. The van der Waals surface area contributed by atoms with E-state index in [9.17, 15) is 4.79 Å². The van der Waals surface area contributed by atoms with Crippen molar-refractivity contribution >= 4 is 30.8 Å². The van der Waals surface area contributed by atoms with Gasteiger partial charge in [-0.3, -0.25) is 0 Å². The third-order valence-electron chi connectivity index (χ3n) is 1.10. The molecule has 14 heavy (non-hydrogen) atoms. The third-order valence-corrected chi connectivity index (χ3v) is 1.10. The summed E-state index contributed by atoms with van der Waals surface area (Å²) < 4.78 is 9.16. The highest BCUT2D eigenvalue weighted by Crippen LogP contribution is 1.98. The topological polar surface area (TPSA) is 91.2 Å². The molecule has 1 heterocycles. The summed E-state index contributed by atoms with van der Waals surface area (Å²) >= 11 is 0. The molecule has 0 saturated carbocycles. The molecular formula is C6H11Cl2N3O3. The molecule has 0 aliphatic carbocycles. The van der Waals surface area contributed by atoms with Crippen LogP contribution in [0.25, 0.3) is 0 Å². The molecule has 0 aromatic carbocycles. The standard InChI is InChI=1S/C6H9N3O3.2ClH/c1-2-11-6(10)5-8-4(3-7)9-12-5;;/h2-3,7H2,1H3;2*1H. The van der Waals surface area contributed by atoms with Crippen molar-refractivity contribution in [1.82, 2.24) is 10.1 Å². The van der Waals surface area contributed by atoms with E-state index >= 15 is 0 Å². The zero-order valence-corrected chi connectivity index (χ0v) is 9.06. The van der Waals surface area contributed by atoms with E-state index in [1.807, 2.05) is 0 Å². The van der Waals surface area contributed by atoms with E-state index in [4.69, 9.17) is 5.73 Å². The van der Waals surface area contributed by atoms with Crippen LogP contribution >= 0.6 is 24.8 Å². The smallest absolute Gasteiger partial charge is 0.397 e. The highest BCUT2D eigenvalue weighted by Gasteiger charge is 2.14. The minimum absolute atomic E-state index is 0. The molecule has 82 valence electrons. The van der Waals surface area contributed by atoms with Gasteiger partial charge in [-0.05, 0) is 6.92 Å². The zero-order chi connectivity index (χ0) is 8.97. The van der Waals surface area contributed by atoms with Crippen LogP contribution < -0.4 is 5.73 Å². The molecule has 0 aliphatic rings. The highest BCUT2D eigenvalue weighted by atomic mass is 35.5. The molecule has 1 aromatic rings. The minimum atomic E-state index is -0.621. The van der Waals surface area contributed by atoms with Crippen LogP contribution in [-0.2, 0) is 11.3 Å². The summed E-state index contributed by atoms with van der Waals surface area (Å²) in [6, 6.07) is 0. The quantitative estimate of drug-likeness (QED) is 0.780. The van der Waals surface area contributed by atoms with Gasteiger partial charge >= 0.3 is 11.9 Å². The summed E-state index contributed by atoms with van der Waals surface area (Å²) in [4.78, 5) is 14.6. The number of esters is 1. The van der Waals surface area contributed by atoms with Gasteiger partial charge in [-0.15, -0.1) is 24.8 Å². The van der Waals surface area contributed by atoms with Gasteiger partial charge in [0.2, 0.25) is 0 Å². The van der Waals surface area contributed by atoms with Gasteiger partial charge in [0, 0.05) is 0 Å². The lowest BCUT2D eigenvalue weighted by molar-refractivity contribution is 0.0470. The van der Waals surface area contributed by atoms with Crippen molar-refractivity contribution in [3.8, 4) is 0 Å². The molecule has 8 heteroatoms. The first-order valence-corrected chi connectivity index (χ1v) is 3.47. The van der Waals surface area contributed by atoms with Crippen molar-refractivity contribution in [2.75, 3.05) is 6.61 Å². The molecule has 0 bridgehead atoms. The maximum atomic E-state index is 10.9. The molecule has 0 fully saturated rings. The van der Waals surface area contributed by atoms with Crippen molar-refractivity contribution < 1.29 is 14.1 Å². The van der Waals surface area contributed by atoms with Gasteiger partial charge in [0.15, 0.2) is 5.82 Å². The SMILES string of the molecule is CCOC(=O)c1nc(CN)no1.Cl.Cl. The number of ether oxygens (including phenoxy) is 1. The van der Waals surface area contributed by atoms with Gasteiger partial charge in [0.05, 0.1) is 13.2 Å². The van der Waals surface area contributed by atoms with Crippen LogP contribution in [0.5, 0.6) is 0 Å². The largest absolute Gasteiger partial charge is 0.459 e. The number of aromatic nitrogens is 2. The molecule has 0 spiro atoms. The third kappa shape index (κ3) is 3.91. The fourth-order valence-electron chi connectivity index (χ4n) is 0.613. The van der Waals surface area contributed by atoms with Crippen LogP contribution in [0.3, 0.4) is 0 Å². The lowest BCUT2D eigenvalue weighted by Crippen LogP contribution is -2.05. The van der Waals surface area contributed by atoms with E-state index in [2.05, 4.69) is 19.4 Å². The normalized spacial score (nSPS) is 8.43. The Balaban J connectivity index is 0. The number of halogens is 2. The van der Waals surface area contributed by atoms with Crippen LogP contribution in [0.1, 0.15) is 23.4 Å². The summed E-state index contributed by atoms with van der Waals surface area (Å²) in [7, 11) is 0. The summed E-state index contributed by atoms with van der Waals surface area (Å²) in [6.45, 7) is 2.11. The first-order valence-electron chi connectivity index (χ1n) is 3.47. The van der Waals surface area contributed by atoms with E-state index in [0.717, 1.165) is 0 Å². The Hall–Kier alpha value is -0.850. The first kappa shape index (κ1) is 15.6. The Labute approximate surface area is 93.0 Å². The molecule has 0 unspecified atom stereocenters. The van der Waals surface area contributed by atoms with Crippen LogP contribution in [-0.4, -0.2) is 22.7 Å². The molecule has 1 rings (SSSR count). The molecule has 6 nitrogen and oxygen atoms in total. The van der Waals surface area contributed by atoms with Crippen molar-refractivity contribution in [1.29, 1.82) is 0 Å². The minimum Gasteiger partial charge on any atom is -0.459 e. The van der Waals surface area contributed by atoms with E-state index in [0.29, 0.717) is 0 Å². The summed E-state index contributed by atoms with van der Waals surface area (Å²) in [5.41, 5.74) is 5.20. The fourth-order valence-corrected chi connectivity index (χ4v) is 0.613. The lowest BCUT2D eigenvalue weighted by atomic mass is 10.6. The van der Waals surface area contributed by atoms with Crippen LogP contribution in [0.15, 0.2) is 4.52 Å². The van der Waals surface area contributed by atoms with Crippen LogP contribution in [0, 0.1) is 0 Å². The molecule has 0 radical (unpaired) electrons. The Morgan fingerprint density at radius 2 is 2.21 bits per heavy atom. The molecular weight excluding hydrogens is 233 g/mol. The summed E-state index contributed by atoms with van der Waals surface area (Å²) in [5, 5.41) is 3.43. The number of carbonyl (C=O) groups excluding carboxylic acids is 1. The average molecular weight is 244 g/mol. The Kier molecular flexibility index (Phi) is 8.41. The monoisotopic (exact) mass is 243 g/mol. The van der Waals surface area contributed by atoms with Gasteiger partial charge in [-0.2, -0.15) is 4.98 Å². The number of nitrogens with zero attached hydrogens (tertiary/aromatic N) is 2. The van der Waals surface area contributed by atoms with Gasteiger partial charge in [-0.25, -0.2) is 4.79 Å². The molecule has 1 aromatic heterocycles. The first-order chi connectivity index (χ1) is 5.77. The number of rotatable bonds is 3. The molecule has 0 atom stereocenters.